The van der Waals surface area contributed by atoms with Crippen molar-refractivity contribution in [3.63, 3.8) is 0 Å². The average molecular weight is 577 g/mol. The molecule has 0 aliphatic carbocycles. The minimum absolute atomic E-state index is 0.0166. The third kappa shape index (κ3) is 9.36. The van der Waals surface area contributed by atoms with Crippen molar-refractivity contribution in [1.82, 2.24) is 24.9 Å². The summed E-state index contributed by atoms with van der Waals surface area (Å²) in [6.07, 6.45) is 3.60. The van der Waals surface area contributed by atoms with Gasteiger partial charge in [-0.05, 0) is 88.5 Å². The number of aryl methyl sites for hydroxylation is 1. The molecule has 3 aromatic rings. The number of nitrogens with one attached hydrogen (secondary N) is 4. The van der Waals surface area contributed by atoms with E-state index in [1.54, 1.807) is 11.9 Å². The third-order valence-electron chi connectivity index (χ3n) is 6.46. The smallest absolute Gasteiger partial charge is 0.229 e. The molecule has 4 N–H and O–H groups in total. The minimum Gasteiger partial charge on any atom is -0.368 e. The first-order valence-corrected chi connectivity index (χ1v) is 14.7. The number of carbonyl (C=O) groups is 2. The minimum atomic E-state index is 0.0166. The zero-order valence-corrected chi connectivity index (χ0v) is 25.1. The van der Waals surface area contributed by atoms with Gasteiger partial charge in [0, 0.05) is 78.4 Å². The van der Waals surface area contributed by atoms with Gasteiger partial charge in [-0.25, -0.2) is 4.98 Å². The Morgan fingerprint density at radius 3 is 2.49 bits per heavy atom. The quantitative estimate of drug-likeness (QED) is 0.137. The molecule has 10 nitrogen and oxygen atoms in total. The Bertz CT molecular complexity index is 1300. The molecule has 4 rings (SSSR count). The van der Waals surface area contributed by atoms with Gasteiger partial charge in [-0.3, -0.25) is 14.3 Å². The summed E-state index contributed by atoms with van der Waals surface area (Å²) in [5, 5.41) is 9.34. The van der Waals surface area contributed by atoms with Crippen molar-refractivity contribution in [2.75, 3.05) is 48.3 Å². The lowest BCUT2D eigenvalue weighted by molar-refractivity contribution is -0.131. The van der Waals surface area contributed by atoms with Gasteiger partial charge in [0.1, 0.15) is 5.82 Å². The van der Waals surface area contributed by atoms with Gasteiger partial charge in [-0.15, -0.1) is 0 Å². The maximum Gasteiger partial charge on any atom is 0.229 e. The molecular formula is C30H40N8O2S. The summed E-state index contributed by atoms with van der Waals surface area (Å²) in [5.41, 5.74) is 3.94. The lowest BCUT2D eigenvalue weighted by atomic mass is 10.1. The highest BCUT2D eigenvalue weighted by Gasteiger charge is 2.21. The first kappa shape index (κ1) is 30.1. The van der Waals surface area contributed by atoms with Crippen molar-refractivity contribution < 1.29 is 9.59 Å². The maximum absolute atomic E-state index is 12.4. The molecular weight excluding hydrogens is 536 g/mol. The summed E-state index contributed by atoms with van der Waals surface area (Å²) in [5.74, 6) is 1.41. The normalized spacial score (nSPS) is 13.6. The molecule has 0 saturated carbocycles. The fourth-order valence-corrected chi connectivity index (χ4v) is 5.03. The first-order chi connectivity index (χ1) is 19.7. The number of rotatable bonds is 12. The fourth-order valence-electron chi connectivity index (χ4n) is 4.27. The van der Waals surface area contributed by atoms with Crippen molar-refractivity contribution in [2.24, 2.45) is 0 Å². The topological polar surface area (TPSA) is 115 Å². The van der Waals surface area contributed by atoms with E-state index in [0.29, 0.717) is 44.8 Å². The second-order valence-corrected chi connectivity index (χ2v) is 11.9. The Kier molecular flexibility index (Phi) is 10.4. The summed E-state index contributed by atoms with van der Waals surface area (Å²) >= 11 is 1.61. The van der Waals surface area contributed by atoms with Crippen LogP contribution in [0.5, 0.6) is 0 Å². The summed E-state index contributed by atoms with van der Waals surface area (Å²) < 4.78 is 3.44. The molecule has 1 fully saturated rings. The van der Waals surface area contributed by atoms with Crippen molar-refractivity contribution in [1.29, 1.82) is 0 Å². The van der Waals surface area contributed by atoms with Gasteiger partial charge in [0.25, 0.3) is 0 Å². The highest BCUT2D eigenvalue weighted by Crippen LogP contribution is 2.26. The molecule has 11 heteroatoms. The van der Waals surface area contributed by atoms with Crippen LogP contribution in [0.25, 0.3) is 0 Å². The van der Waals surface area contributed by atoms with Crippen molar-refractivity contribution in [3.8, 4) is 0 Å². The van der Waals surface area contributed by atoms with Gasteiger partial charge in [0.15, 0.2) is 0 Å². The predicted molar refractivity (Wildman–Crippen MR) is 167 cm³/mol. The second kappa shape index (κ2) is 14.2. The van der Waals surface area contributed by atoms with E-state index < -0.39 is 0 Å². The summed E-state index contributed by atoms with van der Waals surface area (Å²) in [7, 11) is 0. The van der Waals surface area contributed by atoms with Crippen LogP contribution in [0, 0.1) is 6.92 Å². The van der Waals surface area contributed by atoms with E-state index >= 15 is 0 Å². The summed E-state index contributed by atoms with van der Waals surface area (Å²) in [6, 6.07) is 16.4. The molecule has 0 spiro atoms. The molecule has 41 heavy (non-hydrogen) atoms. The monoisotopic (exact) mass is 576 g/mol. The molecule has 1 aliphatic rings. The van der Waals surface area contributed by atoms with Gasteiger partial charge in [0.05, 0.1) is 0 Å². The second-order valence-electron chi connectivity index (χ2n) is 11.0. The van der Waals surface area contributed by atoms with Gasteiger partial charge < -0.3 is 25.8 Å². The van der Waals surface area contributed by atoms with Crippen molar-refractivity contribution in [2.45, 2.75) is 51.0 Å². The number of amides is 2. The zero-order chi connectivity index (χ0) is 29.2. The van der Waals surface area contributed by atoms with E-state index in [0.717, 1.165) is 46.4 Å². The van der Waals surface area contributed by atoms with Crippen LogP contribution in [0.15, 0.2) is 59.6 Å². The van der Waals surface area contributed by atoms with Gasteiger partial charge in [0.2, 0.25) is 18.3 Å². The molecule has 1 saturated heterocycles. The molecule has 2 aromatic carbocycles. The van der Waals surface area contributed by atoms with Crippen LogP contribution in [0.4, 0.5) is 28.8 Å². The lowest BCUT2D eigenvalue weighted by Gasteiger charge is -2.36. The molecule has 0 radical (unpaired) electrons. The van der Waals surface area contributed by atoms with Crippen LogP contribution in [0.1, 0.15) is 39.2 Å². The van der Waals surface area contributed by atoms with Crippen LogP contribution in [0.3, 0.4) is 0 Å². The fraction of sp³-hybridized carbons (Fsp3) is 0.400. The average Bonchev–Trinajstić information content (AvgIpc) is 2.96. The first-order valence-electron chi connectivity index (χ1n) is 13.9. The van der Waals surface area contributed by atoms with E-state index in [2.05, 4.69) is 75.6 Å². The van der Waals surface area contributed by atoms with E-state index in [9.17, 15) is 9.59 Å². The van der Waals surface area contributed by atoms with E-state index in [-0.39, 0.29) is 11.4 Å². The molecule has 0 bridgehead atoms. The highest BCUT2D eigenvalue weighted by molar-refractivity contribution is 7.97. The van der Waals surface area contributed by atoms with Crippen molar-refractivity contribution >= 4 is 53.1 Å². The summed E-state index contributed by atoms with van der Waals surface area (Å²) in [6.45, 7) is 11.9. The lowest BCUT2D eigenvalue weighted by Crippen LogP contribution is -2.48. The Morgan fingerprint density at radius 1 is 1.02 bits per heavy atom. The summed E-state index contributed by atoms with van der Waals surface area (Å²) in [4.78, 5) is 37.3. The van der Waals surface area contributed by atoms with Gasteiger partial charge >= 0.3 is 0 Å². The van der Waals surface area contributed by atoms with Crippen LogP contribution < -0.4 is 25.6 Å². The molecule has 218 valence electrons. The van der Waals surface area contributed by atoms with Crippen molar-refractivity contribution in [3.05, 3.63) is 60.3 Å². The number of nitrogens with zero attached hydrogens (tertiary/aromatic N) is 4. The number of benzene rings is 2. The Morgan fingerprint density at radius 2 is 1.78 bits per heavy atom. The van der Waals surface area contributed by atoms with Crippen LogP contribution >= 0.6 is 11.9 Å². The predicted octanol–water partition coefficient (Wildman–Crippen LogP) is 4.84. The van der Waals surface area contributed by atoms with E-state index in [4.69, 9.17) is 4.98 Å². The molecule has 0 atom stereocenters. The largest absolute Gasteiger partial charge is 0.368 e. The standard InChI is InChI=1S/C30H40N8O2S/c1-22-20-32-29(35-28(22)33-24-7-5-8-26(19-24)41-36-30(2,3)4)34-23-10-12-25(13-11-23)37-15-17-38(18-16-37)27(40)9-6-14-31-21-39/h5,7-8,10-13,19-21,36H,6,9,14-18H2,1-4H3,(H,31,39)(H2,32,33,34,35). The molecule has 1 aromatic heterocycles. The number of hydrogen-bond donors (Lipinski definition) is 4. The van der Waals surface area contributed by atoms with Crippen LogP contribution in [0.2, 0.25) is 0 Å². The molecule has 1 aliphatic heterocycles. The Labute approximate surface area is 246 Å². The molecule has 2 heterocycles. The Hall–Kier alpha value is -3.83. The molecule has 0 unspecified atom stereocenters. The van der Waals surface area contributed by atoms with Gasteiger partial charge in [-0.2, -0.15) is 4.98 Å². The van der Waals surface area contributed by atoms with Crippen LogP contribution in [-0.4, -0.2) is 65.4 Å². The van der Waals surface area contributed by atoms with Crippen LogP contribution in [-0.2, 0) is 9.59 Å². The Balaban J connectivity index is 1.31. The number of anilines is 5. The van der Waals surface area contributed by atoms with E-state index in [1.165, 1.54) is 0 Å². The molecule has 2 amide bonds. The number of carbonyl (C=O) groups excluding carboxylic acids is 2. The highest BCUT2D eigenvalue weighted by atomic mass is 32.2. The van der Waals surface area contributed by atoms with E-state index in [1.807, 2.05) is 42.3 Å². The zero-order valence-electron chi connectivity index (χ0n) is 24.2. The maximum atomic E-state index is 12.4. The number of hydrogen-bond acceptors (Lipinski definition) is 9. The third-order valence-corrected chi connectivity index (χ3v) is 7.66. The van der Waals surface area contributed by atoms with Gasteiger partial charge in [-0.1, -0.05) is 6.07 Å². The number of aromatic nitrogens is 2. The number of piperazine rings is 1. The SMILES string of the molecule is Cc1cnc(Nc2ccc(N3CCN(C(=O)CCCNC=O)CC3)cc2)nc1Nc1cccc(SNC(C)(C)C)c1.